The van der Waals surface area contributed by atoms with Gasteiger partial charge in [0.15, 0.2) is 0 Å². The van der Waals surface area contributed by atoms with Crippen molar-refractivity contribution in [3.63, 3.8) is 0 Å². The van der Waals surface area contributed by atoms with Crippen molar-refractivity contribution < 1.29 is 29.7 Å². The van der Waals surface area contributed by atoms with E-state index in [4.69, 9.17) is 0 Å². The van der Waals surface area contributed by atoms with Gasteiger partial charge < -0.3 is 29.7 Å². The molecule has 0 rings (SSSR count). The second-order valence-electron chi connectivity index (χ2n) is 5.79. The van der Waals surface area contributed by atoms with Crippen LogP contribution in [-0.2, 0) is 0 Å². The molecule has 2 heteroatoms. The molecule has 0 saturated carbocycles. The molecule has 0 fully saturated rings. The van der Waals surface area contributed by atoms with Gasteiger partial charge in [-0.25, -0.2) is 0 Å². The second kappa shape index (κ2) is 21.7. The average molecular weight is 395 g/mol. The van der Waals surface area contributed by atoms with E-state index in [1.807, 2.05) is 0 Å². The lowest BCUT2D eigenvalue weighted by molar-refractivity contribution is -0.368. The lowest BCUT2D eigenvalue weighted by Gasteiger charge is -1.99. The molecule has 0 saturated heterocycles. The highest BCUT2D eigenvalue weighted by Crippen LogP contribution is 2.09. The summed E-state index contributed by atoms with van der Waals surface area (Å²) >= 11 is 0. The first kappa shape index (κ1) is 22.7. The molecule has 0 heterocycles. The summed E-state index contributed by atoms with van der Waals surface area (Å²) in [5.41, 5.74) is 3.88. The molecule has 122 valence electrons. The highest BCUT2D eigenvalue weighted by molar-refractivity contribution is 4.81. The maximum absolute atomic E-state index is 3.88. The Morgan fingerprint density at radius 1 is 0.600 bits per heavy atom. The minimum atomic E-state index is 0. The molecule has 0 aliphatic heterocycles. The van der Waals surface area contributed by atoms with E-state index in [0.29, 0.717) is 0 Å². The summed E-state index contributed by atoms with van der Waals surface area (Å²) < 4.78 is 0. The standard InChI is InChI=1S/C18H37N.HI/c1-2-3-4-5-6-7-8-9-10-11-12-13-14-15-16-17-18-19;/h9-10H,2-8,11-19H2,1H3;1H/b10-9+;. The van der Waals surface area contributed by atoms with Crippen LogP contribution in [0.15, 0.2) is 12.2 Å². The highest BCUT2D eigenvalue weighted by atomic mass is 127. The van der Waals surface area contributed by atoms with Crippen LogP contribution in [0, 0.1) is 0 Å². The Hall–Kier alpha value is 0.430. The molecule has 1 nitrogen and oxygen atoms in total. The predicted molar refractivity (Wildman–Crippen MR) is 87.2 cm³/mol. The monoisotopic (exact) mass is 395 g/mol. The molecule has 0 radical (unpaired) electrons. The van der Waals surface area contributed by atoms with Gasteiger partial charge in [-0.2, -0.15) is 0 Å². The van der Waals surface area contributed by atoms with E-state index in [0.717, 1.165) is 6.54 Å². The van der Waals surface area contributed by atoms with Crippen LogP contribution in [0.25, 0.3) is 0 Å². The van der Waals surface area contributed by atoms with Crippen LogP contribution in [0.2, 0.25) is 0 Å². The fraction of sp³-hybridized carbons (Fsp3) is 0.889. The topological polar surface area (TPSA) is 27.6 Å². The molecule has 0 bridgehead atoms. The van der Waals surface area contributed by atoms with Crippen molar-refractivity contribution in [1.29, 1.82) is 0 Å². The molecule has 0 atom stereocenters. The Kier molecular flexibility index (Phi) is 24.7. The minimum Gasteiger partial charge on any atom is -1.00 e. The number of rotatable bonds is 15. The van der Waals surface area contributed by atoms with Gasteiger partial charge in [0.25, 0.3) is 0 Å². The largest absolute Gasteiger partial charge is 1.00 e. The Morgan fingerprint density at radius 3 is 1.45 bits per heavy atom. The molecular weight excluding hydrogens is 357 g/mol. The molecule has 0 amide bonds. The smallest absolute Gasteiger partial charge is 0.0739 e. The fourth-order valence-corrected chi connectivity index (χ4v) is 2.42. The van der Waals surface area contributed by atoms with Crippen molar-refractivity contribution >= 4 is 0 Å². The predicted octanol–water partition coefficient (Wildman–Crippen LogP) is 2.27. The van der Waals surface area contributed by atoms with E-state index in [2.05, 4.69) is 24.8 Å². The summed E-state index contributed by atoms with van der Waals surface area (Å²) in [6, 6.07) is 0. The van der Waals surface area contributed by atoms with Gasteiger partial charge in [0.05, 0.1) is 6.54 Å². The first-order valence-corrected chi connectivity index (χ1v) is 8.86. The maximum Gasteiger partial charge on any atom is 0.0739 e. The van der Waals surface area contributed by atoms with Crippen molar-refractivity contribution in [2.45, 2.75) is 96.8 Å². The van der Waals surface area contributed by atoms with Gasteiger partial charge in [-0.1, -0.05) is 70.4 Å². The van der Waals surface area contributed by atoms with E-state index < -0.39 is 0 Å². The molecule has 0 unspecified atom stereocenters. The number of hydrogen-bond donors (Lipinski definition) is 1. The summed E-state index contributed by atoms with van der Waals surface area (Å²) in [5, 5.41) is 0. The molecule has 3 N–H and O–H groups in total. The molecule has 20 heavy (non-hydrogen) atoms. The summed E-state index contributed by atoms with van der Waals surface area (Å²) in [4.78, 5) is 0. The van der Waals surface area contributed by atoms with Gasteiger partial charge in [0.2, 0.25) is 0 Å². The Bertz CT molecular complexity index is 180. The van der Waals surface area contributed by atoms with Crippen molar-refractivity contribution in [3.05, 3.63) is 12.2 Å². The highest BCUT2D eigenvalue weighted by Gasteiger charge is 1.90. The van der Waals surface area contributed by atoms with Gasteiger partial charge in [0, 0.05) is 0 Å². The SMILES string of the molecule is CCCCCCCC/C=C/CCCCCCCC[NH3+].[I-]. The van der Waals surface area contributed by atoms with Gasteiger partial charge in [-0.15, -0.1) is 0 Å². The van der Waals surface area contributed by atoms with E-state index in [9.17, 15) is 0 Å². The molecule has 0 aromatic carbocycles. The molecule has 0 aromatic heterocycles. The van der Waals surface area contributed by atoms with E-state index in [-0.39, 0.29) is 24.0 Å². The Labute approximate surface area is 145 Å². The normalized spacial score (nSPS) is 10.9. The fourth-order valence-electron chi connectivity index (χ4n) is 2.42. The zero-order chi connectivity index (χ0) is 14.0. The van der Waals surface area contributed by atoms with Crippen LogP contribution in [0.1, 0.15) is 96.8 Å². The van der Waals surface area contributed by atoms with Crippen LogP contribution in [-0.4, -0.2) is 6.54 Å². The lowest BCUT2D eigenvalue weighted by atomic mass is 10.1. The zero-order valence-electron chi connectivity index (χ0n) is 13.8. The summed E-state index contributed by atoms with van der Waals surface area (Å²) in [6.45, 7) is 3.39. The van der Waals surface area contributed by atoms with E-state index >= 15 is 0 Å². The third-order valence-corrected chi connectivity index (χ3v) is 3.76. The second-order valence-corrected chi connectivity index (χ2v) is 5.79. The van der Waals surface area contributed by atoms with Crippen LogP contribution >= 0.6 is 0 Å². The minimum absolute atomic E-state index is 0. The van der Waals surface area contributed by atoms with Crippen LogP contribution in [0.5, 0.6) is 0 Å². The number of quaternary nitrogens is 1. The average Bonchev–Trinajstić information content (AvgIpc) is 2.43. The number of hydrogen-bond acceptors (Lipinski definition) is 0. The van der Waals surface area contributed by atoms with E-state index in [1.165, 1.54) is 89.9 Å². The van der Waals surface area contributed by atoms with Crippen LogP contribution in [0.4, 0.5) is 0 Å². The lowest BCUT2D eigenvalue weighted by Crippen LogP contribution is -3.00. The van der Waals surface area contributed by atoms with Gasteiger partial charge in [0.1, 0.15) is 0 Å². The number of halogens is 1. The van der Waals surface area contributed by atoms with Crippen molar-refractivity contribution in [2.75, 3.05) is 6.54 Å². The summed E-state index contributed by atoms with van der Waals surface area (Å²) in [7, 11) is 0. The third kappa shape index (κ3) is 20.7. The van der Waals surface area contributed by atoms with Crippen LogP contribution < -0.4 is 29.7 Å². The Balaban J connectivity index is 0. The maximum atomic E-state index is 3.88. The quantitative estimate of drug-likeness (QED) is 0.250. The van der Waals surface area contributed by atoms with Crippen molar-refractivity contribution in [2.24, 2.45) is 0 Å². The van der Waals surface area contributed by atoms with Crippen LogP contribution in [0.3, 0.4) is 0 Å². The molecular formula is C18H38IN. The summed E-state index contributed by atoms with van der Waals surface area (Å²) in [5.74, 6) is 0. The van der Waals surface area contributed by atoms with E-state index in [1.54, 1.807) is 0 Å². The van der Waals surface area contributed by atoms with Gasteiger partial charge in [-0.05, 0) is 38.5 Å². The zero-order valence-corrected chi connectivity index (χ0v) is 16.0. The van der Waals surface area contributed by atoms with Crippen molar-refractivity contribution in [3.8, 4) is 0 Å². The first-order chi connectivity index (χ1) is 9.41. The van der Waals surface area contributed by atoms with Crippen molar-refractivity contribution in [1.82, 2.24) is 0 Å². The Morgan fingerprint density at radius 2 is 1.00 bits per heavy atom. The van der Waals surface area contributed by atoms with Gasteiger partial charge in [-0.3, -0.25) is 0 Å². The molecule has 0 spiro atoms. The molecule has 0 aliphatic rings. The molecule has 0 aromatic rings. The third-order valence-electron chi connectivity index (χ3n) is 3.76. The number of allylic oxidation sites excluding steroid dienone is 2. The summed E-state index contributed by atoms with van der Waals surface area (Å²) in [6.07, 6.45) is 24.2. The molecule has 0 aliphatic carbocycles. The number of unbranched alkanes of at least 4 members (excludes halogenated alkanes) is 12. The van der Waals surface area contributed by atoms with Gasteiger partial charge >= 0.3 is 0 Å². The first-order valence-electron chi connectivity index (χ1n) is 8.86.